The zero-order valence-corrected chi connectivity index (χ0v) is 18.2. The van der Waals surface area contributed by atoms with Crippen molar-refractivity contribution in [1.82, 2.24) is 14.8 Å². The van der Waals surface area contributed by atoms with E-state index in [4.69, 9.17) is 11.6 Å². The van der Waals surface area contributed by atoms with Gasteiger partial charge in [0.25, 0.3) is 5.56 Å². The molecule has 0 saturated carbocycles. The minimum Gasteiger partial charge on any atom is -0.298 e. The first kappa shape index (κ1) is 20.4. The standard InChI is InChI=1S/C23H20ClN3O2S/c1-3-19(28)22-21(14-7-5-4-6-8-14)18-11-15(24)9-10-17(18)23(29)27(22)13-16-12-20(30-2)26-25-16/h4-12H,3,13H2,1-2H3,(H,25,26). The van der Waals surface area contributed by atoms with Gasteiger partial charge in [-0.1, -0.05) is 48.9 Å². The van der Waals surface area contributed by atoms with Gasteiger partial charge in [-0.3, -0.25) is 19.3 Å². The smallest absolute Gasteiger partial charge is 0.259 e. The summed E-state index contributed by atoms with van der Waals surface area (Å²) < 4.78 is 1.56. The second-order valence-corrected chi connectivity index (χ2v) is 8.15. The Kier molecular flexibility index (Phi) is 5.79. The normalized spacial score (nSPS) is 11.2. The topological polar surface area (TPSA) is 67.8 Å². The minimum absolute atomic E-state index is 0.0996. The highest BCUT2D eigenvalue weighted by Crippen LogP contribution is 2.33. The number of carbonyl (C=O) groups is 1. The van der Waals surface area contributed by atoms with Gasteiger partial charge in [-0.25, -0.2) is 0 Å². The maximum Gasteiger partial charge on any atom is 0.259 e. The molecule has 0 radical (unpaired) electrons. The van der Waals surface area contributed by atoms with E-state index in [0.717, 1.165) is 21.8 Å². The Hall–Kier alpha value is -2.83. The van der Waals surface area contributed by atoms with E-state index >= 15 is 0 Å². The summed E-state index contributed by atoms with van der Waals surface area (Å²) in [6, 6.07) is 16.7. The third kappa shape index (κ3) is 3.68. The zero-order valence-electron chi connectivity index (χ0n) is 16.6. The average Bonchev–Trinajstić information content (AvgIpc) is 3.23. The van der Waals surface area contributed by atoms with Crippen molar-refractivity contribution in [3.63, 3.8) is 0 Å². The highest BCUT2D eigenvalue weighted by Gasteiger charge is 2.23. The van der Waals surface area contributed by atoms with Crippen LogP contribution in [0.4, 0.5) is 0 Å². The molecule has 2 aromatic carbocycles. The van der Waals surface area contributed by atoms with Crippen LogP contribution in [0.15, 0.2) is 64.4 Å². The van der Waals surface area contributed by atoms with Crippen LogP contribution in [0.1, 0.15) is 29.5 Å². The Morgan fingerprint density at radius 1 is 1.13 bits per heavy atom. The van der Waals surface area contributed by atoms with E-state index in [2.05, 4.69) is 10.2 Å². The molecule has 4 aromatic rings. The van der Waals surface area contributed by atoms with Crippen molar-refractivity contribution in [3.8, 4) is 11.1 Å². The van der Waals surface area contributed by atoms with Gasteiger partial charge in [0.15, 0.2) is 5.78 Å². The molecule has 0 unspecified atom stereocenters. The van der Waals surface area contributed by atoms with Gasteiger partial charge in [0.1, 0.15) is 5.03 Å². The maximum absolute atomic E-state index is 13.5. The number of rotatable bonds is 6. The third-order valence-corrected chi connectivity index (χ3v) is 5.89. The van der Waals surface area contributed by atoms with Crippen molar-refractivity contribution >= 4 is 39.9 Å². The largest absolute Gasteiger partial charge is 0.298 e. The fourth-order valence-electron chi connectivity index (χ4n) is 3.62. The van der Waals surface area contributed by atoms with Crippen LogP contribution in [0.25, 0.3) is 21.9 Å². The number of ketones is 1. The number of aromatic amines is 1. The lowest BCUT2D eigenvalue weighted by molar-refractivity contribution is 0.0979. The van der Waals surface area contributed by atoms with Gasteiger partial charge in [-0.15, -0.1) is 11.8 Å². The summed E-state index contributed by atoms with van der Waals surface area (Å²) in [5.41, 5.74) is 2.52. The first-order chi connectivity index (χ1) is 14.5. The summed E-state index contributed by atoms with van der Waals surface area (Å²) >= 11 is 7.79. The second kappa shape index (κ2) is 8.50. The molecule has 4 rings (SSSR count). The number of H-pyrrole nitrogens is 1. The van der Waals surface area contributed by atoms with E-state index in [1.165, 1.54) is 11.8 Å². The summed E-state index contributed by atoms with van der Waals surface area (Å²) in [7, 11) is 0. The second-order valence-electron chi connectivity index (χ2n) is 6.88. The minimum atomic E-state index is -0.224. The van der Waals surface area contributed by atoms with Crippen molar-refractivity contribution < 1.29 is 4.79 Å². The molecule has 7 heteroatoms. The van der Waals surface area contributed by atoms with Gasteiger partial charge < -0.3 is 0 Å². The van der Waals surface area contributed by atoms with Crippen LogP contribution >= 0.6 is 23.4 Å². The quantitative estimate of drug-likeness (QED) is 0.323. The molecule has 0 bridgehead atoms. The van der Waals surface area contributed by atoms with Gasteiger partial charge in [-0.2, -0.15) is 5.10 Å². The van der Waals surface area contributed by atoms with E-state index in [1.807, 2.05) is 42.7 Å². The van der Waals surface area contributed by atoms with Crippen LogP contribution < -0.4 is 5.56 Å². The van der Waals surface area contributed by atoms with E-state index in [0.29, 0.717) is 21.5 Å². The zero-order chi connectivity index (χ0) is 21.3. The molecule has 30 heavy (non-hydrogen) atoms. The van der Waals surface area contributed by atoms with Crippen molar-refractivity contribution in [3.05, 3.63) is 81.4 Å². The van der Waals surface area contributed by atoms with E-state index in [1.54, 1.807) is 29.7 Å². The van der Waals surface area contributed by atoms with E-state index in [-0.39, 0.29) is 24.3 Å². The highest BCUT2D eigenvalue weighted by atomic mass is 35.5. The Morgan fingerprint density at radius 3 is 2.57 bits per heavy atom. The summed E-state index contributed by atoms with van der Waals surface area (Å²) in [5.74, 6) is -0.0996. The number of benzene rings is 2. The number of thioether (sulfide) groups is 1. The summed E-state index contributed by atoms with van der Waals surface area (Å²) in [6.07, 6.45) is 2.22. The molecule has 2 heterocycles. The molecule has 0 amide bonds. The number of hydrogen-bond acceptors (Lipinski definition) is 4. The van der Waals surface area contributed by atoms with Crippen LogP contribution in [0, 0.1) is 0 Å². The van der Waals surface area contributed by atoms with Gasteiger partial charge in [0.2, 0.25) is 0 Å². The predicted molar refractivity (Wildman–Crippen MR) is 123 cm³/mol. The molecule has 0 atom stereocenters. The number of halogens is 1. The number of carbonyl (C=O) groups excluding carboxylic acids is 1. The fraction of sp³-hybridized carbons (Fsp3) is 0.174. The van der Waals surface area contributed by atoms with Crippen molar-refractivity contribution in [1.29, 1.82) is 0 Å². The SMILES string of the molecule is CCC(=O)c1c(-c2ccccc2)c2cc(Cl)ccc2c(=O)n1Cc1cc(SC)n[nH]1. The maximum atomic E-state index is 13.5. The lowest BCUT2D eigenvalue weighted by atomic mass is 9.94. The molecule has 0 fully saturated rings. The van der Waals surface area contributed by atoms with Crippen LogP contribution in [0.5, 0.6) is 0 Å². The molecule has 0 spiro atoms. The summed E-state index contributed by atoms with van der Waals surface area (Å²) in [5, 5.41) is 9.75. The molecule has 2 aromatic heterocycles. The van der Waals surface area contributed by atoms with Crippen LogP contribution in [0.2, 0.25) is 5.02 Å². The molecule has 0 aliphatic carbocycles. The lowest BCUT2D eigenvalue weighted by Crippen LogP contribution is -2.28. The Bertz CT molecular complexity index is 1300. The molecule has 0 aliphatic rings. The number of nitrogens with one attached hydrogen (secondary N) is 1. The Morgan fingerprint density at radius 2 is 1.90 bits per heavy atom. The number of Topliss-reactive ketones (excluding diaryl/α,β-unsaturated/α-hetero) is 1. The van der Waals surface area contributed by atoms with Crippen molar-refractivity contribution in [2.24, 2.45) is 0 Å². The fourth-order valence-corrected chi connectivity index (χ4v) is 4.19. The van der Waals surface area contributed by atoms with Crippen LogP contribution in [-0.4, -0.2) is 26.8 Å². The monoisotopic (exact) mass is 437 g/mol. The average molecular weight is 438 g/mol. The first-order valence-corrected chi connectivity index (χ1v) is 11.2. The van der Waals surface area contributed by atoms with Crippen LogP contribution in [-0.2, 0) is 6.54 Å². The van der Waals surface area contributed by atoms with E-state index in [9.17, 15) is 9.59 Å². The molecular formula is C23H20ClN3O2S. The molecular weight excluding hydrogens is 418 g/mol. The number of nitrogens with zero attached hydrogens (tertiary/aromatic N) is 2. The summed E-state index contributed by atoms with van der Waals surface area (Å²) in [6.45, 7) is 2.03. The number of fused-ring (bicyclic) bond motifs is 1. The van der Waals surface area contributed by atoms with Gasteiger partial charge in [-0.05, 0) is 41.5 Å². The number of pyridine rings is 1. The molecule has 1 N–H and O–H groups in total. The van der Waals surface area contributed by atoms with Crippen molar-refractivity contribution in [2.45, 2.75) is 24.9 Å². The number of aromatic nitrogens is 3. The van der Waals surface area contributed by atoms with Gasteiger partial charge in [0, 0.05) is 22.4 Å². The molecule has 0 saturated heterocycles. The Balaban J connectivity index is 2.10. The number of hydrogen-bond donors (Lipinski definition) is 1. The third-order valence-electron chi connectivity index (χ3n) is 5.03. The van der Waals surface area contributed by atoms with Crippen molar-refractivity contribution in [2.75, 3.05) is 6.26 Å². The molecule has 5 nitrogen and oxygen atoms in total. The van der Waals surface area contributed by atoms with Gasteiger partial charge in [0.05, 0.1) is 17.9 Å². The molecule has 152 valence electrons. The highest BCUT2D eigenvalue weighted by molar-refractivity contribution is 7.98. The summed E-state index contributed by atoms with van der Waals surface area (Å²) in [4.78, 5) is 26.6. The predicted octanol–water partition coefficient (Wildman–Crippen LogP) is 5.41. The molecule has 0 aliphatic heterocycles. The van der Waals surface area contributed by atoms with Gasteiger partial charge >= 0.3 is 0 Å². The first-order valence-electron chi connectivity index (χ1n) is 9.56. The lowest BCUT2D eigenvalue weighted by Gasteiger charge is -2.19. The van der Waals surface area contributed by atoms with Crippen LogP contribution in [0.3, 0.4) is 0 Å². The van der Waals surface area contributed by atoms with E-state index < -0.39 is 0 Å². The Labute approximate surface area is 183 Å².